The molecule has 1 aliphatic rings. The lowest BCUT2D eigenvalue weighted by Gasteiger charge is -2.38. The number of hydrogen-bond donors (Lipinski definition) is 3. The molecule has 4 atom stereocenters. The van der Waals surface area contributed by atoms with Gasteiger partial charge in [0.05, 0.1) is 11.7 Å². The lowest BCUT2D eigenvalue weighted by atomic mass is 9.69. The van der Waals surface area contributed by atoms with Gasteiger partial charge in [0, 0.05) is 11.5 Å². The van der Waals surface area contributed by atoms with E-state index < -0.39 is 12.1 Å². The van der Waals surface area contributed by atoms with Crippen molar-refractivity contribution in [3.8, 4) is 5.75 Å². The van der Waals surface area contributed by atoms with E-state index in [4.69, 9.17) is 0 Å². The first-order valence-corrected chi connectivity index (χ1v) is 8.63. The number of rotatable bonds is 5. The van der Waals surface area contributed by atoms with Crippen LogP contribution in [0.2, 0.25) is 0 Å². The minimum atomic E-state index is -1.06. The van der Waals surface area contributed by atoms with Crippen LogP contribution in [0.1, 0.15) is 80.3 Å². The van der Waals surface area contributed by atoms with E-state index in [9.17, 15) is 20.1 Å². The molecule has 132 valence electrons. The van der Waals surface area contributed by atoms with Gasteiger partial charge in [-0.25, -0.2) is 4.79 Å². The molecule has 3 N–H and O–H groups in total. The summed E-state index contributed by atoms with van der Waals surface area (Å²) in [4.78, 5) is 11.3. The molecule has 0 radical (unpaired) electrons. The Morgan fingerprint density at radius 3 is 2.62 bits per heavy atom. The predicted molar refractivity (Wildman–Crippen MR) is 94.7 cm³/mol. The van der Waals surface area contributed by atoms with Crippen LogP contribution in [0.4, 0.5) is 0 Å². The van der Waals surface area contributed by atoms with Crippen LogP contribution in [-0.2, 0) is 0 Å². The Bertz CT molecular complexity index is 643. The summed E-state index contributed by atoms with van der Waals surface area (Å²) in [6, 6.07) is 2.96. The van der Waals surface area contributed by atoms with E-state index >= 15 is 0 Å². The Hall–Kier alpha value is -1.81. The maximum Gasteiger partial charge on any atom is 0.335 e. The summed E-state index contributed by atoms with van der Waals surface area (Å²) >= 11 is 0. The van der Waals surface area contributed by atoms with Crippen molar-refractivity contribution in [3.05, 3.63) is 40.5 Å². The number of phenolic OH excluding ortho intramolecular Hbond substituents is 1. The molecule has 4 heteroatoms. The van der Waals surface area contributed by atoms with Gasteiger partial charge >= 0.3 is 5.97 Å². The van der Waals surface area contributed by atoms with Gasteiger partial charge in [-0.15, -0.1) is 0 Å². The van der Waals surface area contributed by atoms with Crippen molar-refractivity contribution in [1.82, 2.24) is 0 Å². The molecule has 0 spiro atoms. The first kappa shape index (κ1) is 18.5. The second-order valence-electron chi connectivity index (χ2n) is 7.37. The van der Waals surface area contributed by atoms with Gasteiger partial charge in [0.2, 0.25) is 0 Å². The molecule has 0 heterocycles. The number of hydrogen-bond acceptors (Lipinski definition) is 3. The summed E-state index contributed by atoms with van der Waals surface area (Å²) in [5, 5.41) is 30.3. The smallest absolute Gasteiger partial charge is 0.335 e. The summed E-state index contributed by atoms with van der Waals surface area (Å²) in [5.41, 5.74) is 2.94. The molecule has 0 bridgehead atoms. The van der Waals surface area contributed by atoms with Crippen molar-refractivity contribution in [1.29, 1.82) is 0 Å². The van der Waals surface area contributed by atoms with Crippen LogP contribution in [0.5, 0.6) is 5.75 Å². The monoisotopic (exact) mass is 332 g/mol. The lowest BCUT2D eigenvalue weighted by molar-refractivity contribution is 0.0692. The molecule has 4 nitrogen and oxygen atoms in total. The van der Waals surface area contributed by atoms with Crippen LogP contribution in [0.3, 0.4) is 0 Å². The number of carbonyl (C=O) groups is 1. The number of aliphatic hydroxyl groups excluding tert-OH is 1. The summed E-state index contributed by atoms with van der Waals surface area (Å²) in [6.45, 7) is 8.19. The lowest BCUT2D eigenvalue weighted by Crippen LogP contribution is -2.31. The third-order valence-electron chi connectivity index (χ3n) is 5.09. The average Bonchev–Trinajstić information content (AvgIpc) is 2.45. The van der Waals surface area contributed by atoms with E-state index in [1.807, 2.05) is 6.92 Å². The fourth-order valence-electron chi connectivity index (χ4n) is 3.93. The minimum Gasteiger partial charge on any atom is -0.508 e. The Morgan fingerprint density at radius 2 is 2.04 bits per heavy atom. The summed E-state index contributed by atoms with van der Waals surface area (Å²) in [5.74, 6) is -0.959. The van der Waals surface area contributed by atoms with Crippen LogP contribution in [0.25, 0.3) is 0 Å². The molecule has 0 saturated carbocycles. The SMILES string of the molecule is CC(C)=CCCC(C)C1c2cc(C(=O)O)cc(O)c2C(C)CC1O. The van der Waals surface area contributed by atoms with Crippen molar-refractivity contribution < 1.29 is 20.1 Å². The van der Waals surface area contributed by atoms with E-state index in [1.165, 1.54) is 11.6 Å². The molecule has 0 fully saturated rings. The number of allylic oxidation sites excluding steroid dienone is 2. The van der Waals surface area contributed by atoms with Gasteiger partial charge in [0.25, 0.3) is 0 Å². The Kier molecular flexibility index (Phi) is 5.70. The molecule has 0 saturated heterocycles. The molecule has 0 amide bonds. The molecule has 0 aliphatic heterocycles. The van der Waals surface area contributed by atoms with Crippen molar-refractivity contribution >= 4 is 5.97 Å². The van der Waals surface area contributed by atoms with Crippen LogP contribution >= 0.6 is 0 Å². The highest BCUT2D eigenvalue weighted by atomic mass is 16.4. The molecule has 1 aromatic rings. The normalized spacial score (nSPS) is 24.1. The van der Waals surface area contributed by atoms with Gasteiger partial charge in [-0.05, 0) is 62.6 Å². The van der Waals surface area contributed by atoms with Crippen LogP contribution in [0.15, 0.2) is 23.8 Å². The quantitative estimate of drug-likeness (QED) is 0.697. The molecular weight excluding hydrogens is 304 g/mol. The van der Waals surface area contributed by atoms with E-state index in [2.05, 4.69) is 26.8 Å². The molecule has 24 heavy (non-hydrogen) atoms. The van der Waals surface area contributed by atoms with E-state index in [0.717, 1.165) is 24.0 Å². The molecule has 4 unspecified atom stereocenters. The second-order valence-corrected chi connectivity index (χ2v) is 7.37. The Balaban J connectivity index is 2.41. The predicted octanol–water partition coefficient (Wildman–Crippen LogP) is 4.42. The maximum atomic E-state index is 11.3. The first-order chi connectivity index (χ1) is 11.2. The summed E-state index contributed by atoms with van der Waals surface area (Å²) in [6.07, 6.45) is 4.10. The van der Waals surface area contributed by atoms with Gasteiger partial charge in [-0.2, -0.15) is 0 Å². The molecule has 2 rings (SSSR count). The van der Waals surface area contributed by atoms with Gasteiger partial charge in [0.1, 0.15) is 5.75 Å². The zero-order chi connectivity index (χ0) is 18.0. The number of carboxylic acids is 1. The molecule has 1 aromatic carbocycles. The zero-order valence-electron chi connectivity index (χ0n) is 14.9. The number of aliphatic hydroxyl groups is 1. The van der Waals surface area contributed by atoms with Crippen molar-refractivity contribution in [2.24, 2.45) is 5.92 Å². The van der Waals surface area contributed by atoms with Crippen LogP contribution in [-0.4, -0.2) is 27.4 Å². The van der Waals surface area contributed by atoms with E-state index in [-0.39, 0.29) is 29.1 Å². The fraction of sp³-hybridized carbons (Fsp3) is 0.550. The maximum absolute atomic E-state index is 11.3. The number of aromatic carboxylic acids is 1. The summed E-state index contributed by atoms with van der Waals surface area (Å²) in [7, 11) is 0. The van der Waals surface area contributed by atoms with Gasteiger partial charge < -0.3 is 15.3 Å². The molecular formula is C20H28O4. The number of benzene rings is 1. The second kappa shape index (κ2) is 7.39. The number of aromatic hydroxyl groups is 1. The number of phenols is 1. The fourth-order valence-corrected chi connectivity index (χ4v) is 3.93. The van der Waals surface area contributed by atoms with Crippen molar-refractivity contribution in [3.63, 3.8) is 0 Å². The Labute approximate surface area is 143 Å². The number of fused-ring (bicyclic) bond motifs is 1. The first-order valence-electron chi connectivity index (χ1n) is 8.63. The van der Waals surface area contributed by atoms with Crippen LogP contribution in [0, 0.1) is 5.92 Å². The third-order valence-corrected chi connectivity index (χ3v) is 5.09. The highest BCUT2D eigenvalue weighted by molar-refractivity contribution is 5.88. The molecule has 1 aliphatic carbocycles. The average molecular weight is 332 g/mol. The van der Waals surface area contributed by atoms with E-state index in [0.29, 0.717) is 6.42 Å². The number of carboxylic acid groups (broad SMARTS) is 1. The van der Waals surface area contributed by atoms with Gasteiger partial charge in [0.15, 0.2) is 0 Å². The van der Waals surface area contributed by atoms with Gasteiger partial charge in [-0.1, -0.05) is 25.5 Å². The topological polar surface area (TPSA) is 77.8 Å². The minimum absolute atomic E-state index is 0.0130. The van der Waals surface area contributed by atoms with Crippen molar-refractivity contribution in [2.75, 3.05) is 0 Å². The van der Waals surface area contributed by atoms with Gasteiger partial charge in [-0.3, -0.25) is 0 Å². The highest BCUT2D eigenvalue weighted by Crippen LogP contribution is 2.47. The zero-order valence-corrected chi connectivity index (χ0v) is 14.9. The van der Waals surface area contributed by atoms with Crippen molar-refractivity contribution in [2.45, 2.75) is 64.9 Å². The molecule has 0 aromatic heterocycles. The summed E-state index contributed by atoms with van der Waals surface area (Å²) < 4.78 is 0. The largest absolute Gasteiger partial charge is 0.508 e. The van der Waals surface area contributed by atoms with Crippen LogP contribution < -0.4 is 0 Å². The highest BCUT2D eigenvalue weighted by Gasteiger charge is 2.37. The standard InChI is InChI=1S/C20H28O4/c1-11(2)6-5-7-12(3)18-15-9-14(20(23)24)10-17(22)19(15)13(4)8-16(18)21/h6,9-10,12-13,16,18,21-22H,5,7-8H2,1-4H3,(H,23,24). The third kappa shape index (κ3) is 3.81. The van der Waals surface area contributed by atoms with E-state index in [1.54, 1.807) is 6.07 Å². The Morgan fingerprint density at radius 1 is 1.38 bits per heavy atom.